The Bertz CT molecular complexity index is 362. The molecular formula is C12H19N3OS. The number of pyridine rings is 1. The van der Waals surface area contributed by atoms with E-state index in [0.29, 0.717) is 12.4 Å². The largest absolute Gasteiger partial charge is 0.338 e. The number of anilines is 1. The van der Waals surface area contributed by atoms with E-state index in [1.807, 2.05) is 26.0 Å². The molecule has 0 aromatic carbocycles. The van der Waals surface area contributed by atoms with E-state index < -0.39 is 0 Å². The van der Waals surface area contributed by atoms with Crippen molar-refractivity contribution in [3.8, 4) is 0 Å². The van der Waals surface area contributed by atoms with Gasteiger partial charge < -0.3 is 5.32 Å². The third-order valence-electron chi connectivity index (χ3n) is 2.15. The molecule has 1 aromatic rings. The first kappa shape index (κ1) is 13.8. The molecule has 0 spiro atoms. The van der Waals surface area contributed by atoms with E-state index in [1.165, 1.54) is 0 Å². The molecule has 0 saturated carbocycles. The van der Waals surface area contributed by atoms with Gasteiger partial charge in [0.15, 0.2) is 0 Å². The van der Waals surface area contributed by atoms with Crippen LogP contribution in [0.5, 0.6) is 0 Å². The maximum absolute atomic E-state index is 11.5. The zero-order valence-corrected chi connectivity index (χ0v) is 11.4. The summed E-state index contributed by atoms with van der Waals surface area (Å²) in [4.78, 5) is 15.8. The fraction of sp³-hybridized carbons (Fsp3) is 0.500. The minimum Gasteiger partial charge on any atom is -0.338 e. The molecule has 0 atom stereocenters. The Kier molecular flexibility index (Phi) is 5.83. The molecule has 4 nitrogen and oxygen atoms in total. The number of nitrogens with one attached hydrogen (secondary N) is 2. The molecule has 0 bridgehead atoms. The fourth-order valence-corrected chi connectivity index (χ4v) is 1.92. The number of aryl methyl sites for hydroxylation is 2. The van der Waals surface area contributed by atoms with Crippen LogP contribution < -0.4 is 10.6 Å². The van der Waals surface area contributed by atoms with Crippen molar-refractivity contribution < 1.29 is 4.79 Å². The lowest BCUT2D eigenvalue weighted by Gasteiger charge is -2.08. The van der Waals surface area contributed by atoms with Crippen molar-refractivity contribution in [2.24, 2.45) is 0 Å². The van der Waals surface area contributed by atoms with Gasteiger partial charge in [0.25, 0.3) is 0 Å². The number of carbonyl (C=O) groups is 1. The molecule has 2 amide bonds. The molecule has 0 unspecified atom stereocenters. The molecule has 2 N–H and O–H groups in total. The molecular weight excluding hydrogens is 234 g/mol. The molecule has 0 radical (unpaired) electrons. The normalized spacial score (nSPS) is 10.1. The van der Waals surface area contributed by atoms with Gasteiger partial charge in [-0.1, -0.05) is 0 Å². The topological polar surface area (TPSA) is 54.0 Å². The van der Waals surface area contributed by atoms with Gasteiger partial charge in [-0.25, -0.2) is 9.78 Å². The SMILES string of the molecule is CSCCCNC(=O)Nc1cc(C)cc(C)n1. The number of aromatic nitrogens is 1. The van der Waals surface area contributed by atoms with Gasteiger partial charge >= 0.3 is 6.03 Å². The highest BCUT2D eigenvalue weighted by Gasteiger charge is 2.02. The van der Waals surface area contributed by atoms with Crippen molar-refractivity contribution in [1.29, 1.82) is 0 Å². The molecule has 94 valence electrons. The van der Waals surface area contributed by atoms with Gasteiger partial charge in [-0.05, 0) is 50.0 Å². The summed E-state index contributed by atoms with van der Waals surface area (Å²) in [6, 6.07) is 3.64. The van der Waals surface area contributed by atoms with Gasteiger partial charge in [-0.15, -0.1) is 0 Å². The molecule has 1 rings (SSSR count). The van der Waals surface area contributed by atoms with Crippen molar-refractivity contribution in [2.75, 3.05) is 23.9 Å². The first-order valence-corrected chi connectivity index (χ1v) is 7.00. The van der Waals surface area contributed by atoms with Crippen molar-refractivity contribution in [3.05, 3.63) is 23.4 Å². The smallest absolute Gasteiger partial charge is 0.320 e. The van der Waals surface area contributed by atoms with Crippen LogP contribution in [0.2, 0.25) is 0 Å². The van der Waals surface area contributed by atoms with E-state index in [9.17, 15) is 4.79 Å². The second-order valence-corrected chi connectivity index (χ2v) is 4.88. The lowest BCUT2D eigenvalue weighted by atomic mass is 10.2. The molecule has 1 heterocycles. The van der Waals surface area contributed by atoms with Crippen LogP contribution in [0, 0.1) is 13.8 Å². The second kappa shape index (κ2) is 7.17. The summed E-state index contributed by atoms with van der Waals surface area (Å²) in [5.41, 5.74) is 2.00. The van der Waals surface area contributed by atoms with Crippen LogP contribution in [0.1, 0.15) is 17.7 Å². The van der Waals surface area contributed by atoms with E-state index in [2.05, 4.69) is 21.9 Å². The quantitative estimate of drug-likeness (QED) is 0.793. The van der Waals surface area contributed by atoms with Gasteiger partial charge in [0, 0.05) is 12.2 Å². The summed E-state index contributed by atoms with van der Waals surface area (Å²) in [5.74, 6) is 1.66. The summed E-state index contributed by atoms with van der Waals surface area (Å²) in [5, 5.41) is 5.53. The first-order chi connectivity index (χ1) is 8.11. The molecule has 0 saturated heterocycles. The summed E-state index contributed by atoms with van der Waals surface area (Å²) < 4.78 is 0. The van der Waals surface area contributed by atoms with E-state index >= 15 is 0 Å². The monoisotopic (exact) mass is 253 g/mol. The van der Waals surface area contributed by atoms with Gasteiger partial charge in [0.2, 0.25) is 0 Å². The number of rotatable bonds is 5. The number of nitrogens with zero attached hydrogens (tertiary/aromatic N) is 1. The number of hydrogen-bond donors (Lipinski definition) is 2. The van der Waals surface area contributed by atoms with Crippen LogP contribution in [0.4, 0.5) is 10.6 Å². The van der Waals surface area contributed by atoms with Gasteiger partial charge in [0.1, 0.15) is 5.82 Å². The molecule has 0 aliphatic heterocycles. The summed E-state index contributed by atoms with van der Waals surface area (Å²) >= 11 is 1.78. The number of hydrogen-bond acceptors (Lipinski definition) is 3. The minimum absolute atomic E-state index is 0.191. The maximum Gasteiger partial charge on any atom is 0.320 e. The summed E-state index contributed by atoms with van der Waals surface area (Å²) in [6.07, 6.45) is 3.04. The number of urea groups is 1. The average molecular weight is 253 g/mol. The molecule has 0 aliphatic rings. The van der Waals surface area contributed by atoms with Gasteiger partial charge in [-0.3, -0.25) is 5.32 Å². The zero-order chi connectivity index (χ0) is 12.7. The Labute approximate surface area is 107 Å². The Morgan fingerprint density at radius 1 is 1.41 bits per heavy atom. The summed E-state index contributed by atoms with van der Waals surface area (Å²) in [6.45, 7) is 4.59. The van der Waals surface area contributed by atoms with Crippen LogP contribution in [0.15, 0.2) is 12.1 Å². The number of thioether (sulfide) groups is 1. The number of amides is 2. The summed E-state index contributed by atoms with van der Waals surface area (Å²) in [7, 11) is 0. The predicted molar refractivity (Wildman–Crippen MR) is 73.7 cm³/mol. The average Bonchev–Trinajstić information content (AvgIpc) is 2.23. The standard InChI is InChI=1S/C12H19N3OS/c1-9-7-10(2)14-11(8-9)15-12(16)13-5-4-6-17-3/h7-8H,4-6H2,1-3H3,(H2,13,14,15,16). The highest BCUT2D eigenvalue weighted by atomic mass is 32.2. The highest BCUT2D eigenvalue weighted by molar-refractivity contribution is 7.98. The van der Waals surface area contributed by atoms with Crippen molar-refractivity contribution in [3.63, 3.8) is 0 Å². The Morgan fingerprint density at radius 2 is 2.18 bits per heavy atom. The zero-order valence-electron chi connectivity index (χ0n) is 10.5. The first-order valence-electron chi connectivity index (χ1n) is 5.61. The maximum atomic E-state index is 11.5. The lowest BCUT2D eigenvalue weighted by Crippen LogP contribution is -2.30. The number of carbonyl (C=O) groups excluding carboxylic acids is 1. The molecule has 1 aromatic heterocycles. The third kappa shape index (κ3) is 5.58. The van der Waals surface area contributed by atoms with Crippen LogP contribution in [-0.2, 0) is 0 Å². The molecule has 0 fully saturated rings. The van der Waals surface area contributed by atoms with Crippen LogP contribution >= 0.6 is 11.8 Å². The van der Waals surface area contributed by atoms with Crippen molar-refractivity contribution >= 4 is 23.6 Å². The molecule has 17 heavy (non-hydrogen) atoms. The Balaban J connectivity index is 2.39. The highest BCUT2D eigenvalue weighted by Crippen LogP contribution is 2.08. The lowest BCUT2D eigenvalue weighted by molar-refractivity contribution is 0.252. The van der Waals surface area contributed by atoms with Gasteiger partial charge in [-0.2, -0.15) is 11.8 Å². The molecule has 5 heteroatoms. The van der Waals surface area contributed by atoms with Crippen LogP contribution in [0.25, 0.3) is 0 Å². The van der Waals surface area contributed by atoms with Crippen LogP contribution in [0.3, 0.4) is 0 Å². The fourth-order valence-electron chi connectivity index (χ4n) is 1.48. The van der Waals surface area contributed by atoms with E-state index in [-0.39, 0.29) is 6.03 Å². The van der Waals surface area contributed by atoms with E-state index in [1.54, 1.807) is 11.8 Å². The van der Waals surface area contributed by atoms with Crippen molar-refractivity contribution in [2.45, 2.75) is 20.3 Å². The van der Waals surface area contributed by atoms with Crippen LogP contribution in [-0.4, -0.2) is 29.6 Å². The third-order valence-corrected chi connectivity index (χ3v) is 2.85. The molecule has 0 aliphatic carbocycles. The van der Waals surface area contributed by atoms with E-state index in [4.69, 9.17) is 0 Å². The minimum atomic E-state index is -0.191. The second-order valence-electron chi connectivity index (χ2n) is 3.90. The Hall–Kier alpha value is -1.23. The van der Waals surface area contributed by atoms with Crippen molar-refractivity contribution in [1.82, 2.24) is 10.3 Å². The Morgan fingerprint density at radius 3 is 2.82 bits per heavy atom. The predicted octanol–water partition coefficient (Wildman–Crippen LogP) is 2.57. The van der Waals surface area contributed by atoms with Gasteiger partial charge in [0.05, 0.1) is 0 Å². The van der Waals surface area contributed by atoms with E-state index in [0.717, 1.165) is 23.4 Å².